The normalized spacial score (nSPS) is 17.2. The van der Waals surface area contributed by atoms with Crippen LogP contribution in [0.5, 0.6) is 0 Å². The molecule has 0 aliphatic carbocycles. The summed E-state index contributed by atoms with van der Waals surface area (Å²) in [6.07, 6.45) is 3.16. The highest BCUT2D eigenvalue weighted by atomic mass is 35.5. The van der Waals surface area contributed by atoms with Gasteiger partial charge in [-0.1, -0.05) is 84.0 Å². The van der Waals surface area contributed by atoms with Gasteiger partial charge in [0, 0.05) is 36.9 Å². The van der Waals surface area contributed by atoms with Gasteiger partial charge in [0.1, 0.15) is 5.82 Å². The summed E-state index contributed by atoms with van der Waals surface area (Å²) in [6, 6.07) is 11.8. The summed E-state index contributed by atoms with van der Waals surface area (Å²) in [4.78, 5) is 45.6. The Morgan fingerprint density at radius 3 is 2.29 bits per heavy atom. The number of rotatable bonds is 7. The van der Waals surface area contributed by atoms with Crippen LogP contribution in [0.3, 0.4) is 0 Å². The zero-order chi connectivity index (χ0) is 32.7. The SMILES string of the molecule is C=CC(=O)N1CC(C)N(c2nc(=O)n(-c3c(C(C)C)ccnc3C(C)C)c3nc(-c4ccccc4C(C)C)c(Cl)cc23)CC1C. The first-order valence-corrected chi connectivity index (χ1v) is 16.1. The second-order valence-corrected chi connectivity index (χ2v) is 13.4. The van der Waals surface area contributed by atoms with E-state index in [1.807, 2.05) is 55.3 Å². The number of benzene rings is 1. The first kappa shape index (κ1) is 32.4. The van der Waals surface area contributed by atoms with Crippen LogP contribution in [-0.2, 0) is 4.79 Å². The molecule has 1 aromatic carbocycles. The fourth-order valence-corrected chi connectivity index (χ4v) is 6.65. The Balaban J connectivity index is 1.87. The van der Waals surface area contributed by atoms with Crippen molar-refractivity contribution in [1.29, 1.82) is 0 Å². The number of anilines is 1. The molecule has 1 aliphatic rings. The Labute approximate surface area is 270 Å². The molecule has 236 valence electrons. The number of carbonyl (C=O) groups is 1. The van der Waals surface area contributed by atoms with Crippen LogP contribution in [0.15, 0.2) is 60.0 Å². The first-order chi connectivity index (χ1) is 21.3. The molecule has 0 spiro atoms. The highest BCUT2D eigenvalue weighted by Crippen LogP contribution is 2.38. The Hall–Kier alpha value is -4.04. The van der Waals surface area contributed by atoms with Gasteiger partial charge in [0.15, 0.2) is 5.65 Å². The number of hydrogen-bond donors (Lipinski definition) is 0. The number of amides is 1. The van der Waals surface area contributed by atoms with Crippen LogP contribution in [-0.4, -0.2) is 55.5 Å². The molecular formula is C36H43ClN6O2. The minimum Gasteiger partial charge on any atom is -0.349 e. The van der Waals surface area contributed by atoms with Gasteiger partial charge in [-0.2, -0.15) is 4.98 Å². The summed E-state index contributed by atoms with van der Waals surface area (Å²) in [5.74, 6) is 0.798. The molecule has 3 aromatic heterocycles. The number of carbonyl (C=O) groups excluding carboxylic acids is 1. The Morgan fingerprint density at radius 2 is 1.64 bits per heavy atom. The third-order valence-corrected chi connectivity index (χ3v) is 9.02. The summed E-state index contributed by atoms with van der Waals surface area (Å²) in [7, 11) is 0. The van der Waals surface area contributed by atoms with Crippen molar-refractivity contribution in [3.8, 4) is 16.9 Å². The molecule has 9 heteroatoms. The maximum Gasteiger partial charge on any atom is 0.355 e. The van der Waals surface area contributed by atoms with Gasteiger partial charge in [0.05, 0.1) is 27.5 Å². The van der Waals surface area contributed by atoms with E-state index in [9.17, 15) is 9.59 Å². The van der Waals surface area contributed by atoms with E-state index in [4.69, 9.17) is 26.6 Å². The Bertz CT molecular complexity index is 1800. The number of halogens is 1. The second kappa shape index (κ2) is 12.8. The number of hydrogen-bond acceptors (Lipinski definition) is 6. The summed E-state index contributed by atoms with van der Waals surface area (Å²) < 4.78 is 1.64. The van der Waals surface area contributed by atoms with E-state index in [0.29, 0.717) is 40.7 Å². The molecule has 0 N–H and O–H groups in total. The quantitative estimate of drug-likeness (QED) is 0.198. The highest BCUT2D eigenvalue weighted by Gasteiger charge is 2.34. The van der Waals surface area contributed by atoms with Gasteiger partial charge >= 0.3 is 5.69 Å². The van der Waals surface area contributed by atoms with Crippen molar-refractivity contribution >= 4 is 34.4 Å². The van der Waals surface area contributed by atoms with E-state index < -0.39 is 5.69 Å². The predicted molar refractivity (Wildman–Crippen MR) is 184 cm³/mol. The lowest BCUT2D eigenvalue weighted by Crippen LogP contribution is -2.58. The Kier molecular flexibility index (Phi) is 9.17. The number of nitrogens with zero attached hydrogens (tertiary/aromatic N) is 6. The van der Waals surface area contributed by atoms with Gasteiger partial charge in [0.25, 0.3) is 0 Å². The molecule has 1 saturated heterocycles. The number of pyridine rings is 2. The predicted octanol–water partition coefficient (Wildman–Crippen LogP) is 7.48. The summed E-state index contributed by atoms with van der Waals surface area (Å²) in [5.41, 5.74) is 5.21. The van der Waals surface area contributed by atoms with E-state index in [1.165, 1.54) is 6.08 Å². The molecule has 8 nitrogen and oxygen atoms in total. The molecule has 1 aliphatic heterocycles. The lowest BCUT2D eigenvalue weighted by Gasteiger charge is -2.44. The van der Waals surface area contributed by atoms with Crippen molar-refractivity contribution in [3.63, 3.8) is 0 Å². The van der Waals surface area contributed by atoms with E-state index in [-0.39, 0.29) is 35.7 Å². The summed E-state index contributed by atoms with van der Waals surface area (Å²) >= 11 is 7.10. The van der Waals surface area contributed by atoms with Crippen molar-refractivity contribution in [1.82, 2.24) is 24.4 Å². The zero-order valence-corrected chi connectivity index (χ0v) is 28.3. The third kappa shape index (κ3) is 5.88. The molecule has 5 rings (SSSR count). The maximum absolute atomic E-state index is 14.4. The van der Waals surface area contributed by atoms with Crippen LogP contribution in [0.2, 0.25) is 5.02 Å². The molecule has 4 aromatic rings. The van der Waals surface area contributed by atoms with Crippen molar-refractivity contribution < 1.29 is 4.79 Å². The smallest absolute Gasteiger partial charge is 0.349 e. The first-order valence-electron chi connectivity index (χ1n) is 15.8. The largest absolute Gasteiger partial charge is 0.355 e. The second-order valence-electron chi connectivity index (χ2n) is 13.0. The van der Waals surface area contributed by atoms with Crippen LogP contribution in [0.4, 0.5) is 5.82 Å². The van der Waals surface area contributed by atoms with E-state index in [2.05, 4.69) is 59.1 Å². The average Bonchev–Trinajstić information content (AvgIpc) is 3.00. The van der Waals surface area contributed by atoms with E-state index in [0.717, 1.165) is 28.1 Å². The lowest BCUT2D eigenvalue weighted by molar-refractivity contribution is -0.128. The van der Waals surface area contributed by atoms with Crippen LogP contribution < -0.4 is 10.6 Å². The zero-order valence-electron chi connectivity index (χ0n) is 27.5. The molecule has 45 heavy (non-hydrogen) atoms. The van der Waals surface area contributed by atoms with Gasteiger partial charge in [0.2, 0.25) is 5.91 Å². The number of piperazine rings is 1. The monoisotopic (exact) mass is 626 g/mol. The number of aromatic nitrogens is 4. The van der Waals surface area contributed by atoms with Gasteiger partial charge in [-0.15, -0.1) is 0 Å². The molecular weight excluding hydrogens is 584 g/mol. The molecule has 2 unspecified atom stereocenters. The average molecular weight is 627 g/mol. The van der Waals surface area contributed by atoms with Crippen LogP contribution in [0, 0.1) is 0 Å². The van der Waals surface area contributed by atoms with Gasteiger partial charge in [-0.25, -0.2) is 14.3 Å². The molecule has 2 atom stereocenters. The van der Waals surface area contributed by atoms with Crippen molar-refractivity contribution in [3.05, 3.63) is 87.6 Å². The standard InChI is InChI=1S/C36H43ClN6O2/c1-10-30(44)41-18-24(9)42(19-23(41)8)34-28-17-29(37)32(27-14-12-11-13-25(27)20(2)3)39-35(28)43(36(45)40-34)33-26(21(4)5)15-16-38-31(33)22(6)7/h10-17,20-24H,1,18-19H2,2-9H3. The van der Waals surface area contributed by atoms with Crippen LogP contribution >= 0.6 is 11.6 Å². The summed E-state index contributed by atoms with van der Waals surface area (Å²) in [6.45, 7) is 21.3. The maximum atomic E-state index is 14.4. The molecule has 0 bridgehead atoms. The van der Waals surface area contributed by atoms with Crippen LogP contribution in [0.1, 0.15) is 90.0 Å². The molecule has 0 radical (unpaired) electrons. The van der Waals surface area contributed by atoms with E-state index >= 15 is 0 Å². The highest BCUT2D eigenvalue weighted by molar-refractivity contribution is 6.34. The van der Waals surface area contributed by atoms with Crippen LogP contribution in [0.25, 0.3) is 28.0 Å². The molecule has 1 amide bonds. The topological polar surface area (TPSA) is 84.2 Å². The lowest BCUT2D eigenvalue weighted by atomic mass is 9.95. The third-order valence-electron chi connectivity index (χ3n) is 8.73. The number of fused-ring (bicyclic) bond motifs is 1. The summed E-state index contributed by atoms with van der Waals surface area (Å²) in [5, 5.41) is 1.14. The van der Waals surface area contributed by atoms with Crippen molar-refractivity contribution in [2.24, 2.45) is 0 Å². The minimum absolute atomic E-state index is 0.0464. The van der Waals surface area contributed by atoms with E-state index in [1.54, 1.807) is 4.57 Å². The fraction of sp³-hybridized carbons (Fsp3) is 0.417. The molecule has 1 fully saturated rings. The van der Waals surface area contributed by atoms with Gasteiger partial charge < -0.3 is 9.80 Å². The van der Waals surface area contributed by atoms with Crippen molar-refractivity contribution in [2.45, 2.75) is 85.2 Å². The Morgan fingerprint density at radius 1 is 0.956 bits per heavy atom. The molecule has 0 saturated carbocycles. The molecule has 4 heterocycles. The minimum atomic E-state index is -0.434. The fourth-order valence-electron chi connectivity index (χ4n) is 6.39. The van der Waals surface area contributed by atoms with Crippen molar-refractivity contribution in [2.75, 3.05) is 18.0 Å². The van der Waals surface area contributed by atoms with Gasteiger partial charge in [-0.05, 0) is 60.9 Å². The van der Waals surface area contributed by atoms with Gasteiger partial charge in [-0.3, -0.25) is 9.78 Å².